The van der Waals surface area contributed by atoms with Crippen molar-refractivity contribution in [1.82, 2.24) is 9.97 Å². The van der Waals surface area contributed by atoms with Crippen LogP contribution in [0.25, 0.3) is 11.4 Å². The lowest BCUT2D eigenvalue weighted by atomic mass is 10.2. The van der Waals surface area contributed by atoms with E-state index >= 15 is 0 Å². The molecule has 0 radical (unpaired) electrons. The zero-order valence-electron chi connectivity index (χ0n) is 12.5. The number of ether oxygens (including phenoxy) is 1. The number of nitrogens with two attached hydrogens (primary N) is 1. The summed E-state index contributed by atoms with van der Waals surface area (Å²) in [5.41, 5.74) is 7.30. The topological polar surface area (TPSA) is 73.1 Å². The maximum Gasteiger partial charge on any atom is 0.163 e. The third-order valence-electron chi connectivity index (χ3n) is 3.22. The number of aromatic nitrogens is 2. The Morgan fingerprint density at radius 1 is 1.04 bits per heavy atom. The van der Waals surface area contributed by atoms with E-state index < -0.39 is 0 Å². The van der Waals surface area contributed by atoms with Gasteiger partial charge in [0.25, 0.3) is 0 Å². The Bertz CT molecular complexity index is 821. The average molecular weight is 310 g/mol. The number of nitrogens with one attached hydrogen (secondary N) is 1. The standard InChI is InChI=1S/C17H15FN4O/c1-23-14-5-3-2-4-13(14)20-16-10-15(19)21-17(22-16)11-6-8-12(18)9-7-11/h2-10H,1H3,(H3,19,20,21,22). The van der Waals surface area contributed by atoms with Gasteiger partial charge in [-0.1, -0.05) is 12.1 Å². The van der Waals surface area contributed by atoms with Gasteiger partial charge in [0.2, 0.25) is 0 Å². The highest BCUT2D eigenvalue weighted by Crippen LogP contribution is 2.27. The number of hydrogen-bond donors (Lipinski definition) is 2. The molecule has 23 heavy (non-hydrogen) atoms. The third kappa shape index (κ3) is 3.37. The number of methoxy groups -OCH3 is 1. The molecule has 0 amide bonds. The zero-order chi connectivity index (χ0) is 16.2. The first-order chi connectivity index (χ1) is 11.2. The Labute approximate surface area is 133 Å². The normalized spacial score (nSPS) is 10.3. The van der Waals surface area contributed by atoms with E-state index in [1.807, 2.05) is 24.3 Å². The monoisotopic (exact) mass is 310 g/mol. The fourth-order valence-corrected chi connectivity index (χ4v) is 2.14. The fraction of sp³-hybridized carbons (Fsp3) is 0.0588. The van der Waals surface area contributed by atoms with Crippen LogP contribution in [0.1, 0.15) is 0 Å². The SMILES string of the molecule is COc1ccccc1Nc1cc(N)nc(-c2ccc(F)cc2)n1. The number of hydrogen-bond acceptors (Lipinski definition) is 5. The average Bonchev–Trinajstić information content (AvgIpc) is 2.55. The molecule has 3 aromatic rings. The molecule has 0 spiro atoms. The van der Waals surface area contributed by atoms with Gasteiger partial charge in [0.15, 0.2) is 5.82 Å². The van der Waals surface area contributed by atoms with Crippen LogP contribution in [0.5, 0.6) is 5.75 Å². The quantitative estimate of drug-likeness (QED) is 0.770. The van der Waals surface area contributed by atoms with E-state index in [9.17, 15) is 4.39 Å². The summed E-state index contributed by atoms with van der Waals surface area (Å²) in [7, 11) is 1.60. The molecule has 1 heterocycles. The van der Waals surface area contributed by atoms with Gasteiger partial charge in [0.05, 0.1) is 12.8 Å². The zero-order valence-corrected chi connectivity index (χ0v) is 12.5. The maximum atomic E-state index is 13.0. The van der Waals surface area contributed by atoms with Crippen LogP contribution in [-0.4, -0.2) is 17.1 Å². The van der Waals surface area contributed by atoms with Crippen LogP contribution >= 0.6 is 0 Å². The minimum absolute atomic E-state index is 0.315. The van der Waals surface area contributed by atoms with Crippen LogP contribution in [0, 0.1) is 5.82 Å². The summed E-state index contributed by atoms with van der Waals surface area (Å²) in [6.45, 7) is 0. The van der Waals surface area contributed by atoms with Gasteiger partial charge in [-0.25, -0.2) is 14.4 Å². The number of nitrogens with zero attached hydrogens (tertiary/aromatic N) is 2. The molecule has 2 aromatic carbocycles. The van der Waals surface area contributed by atoms with E-state index in [2.05, 4.69) is 15.3 Å². The molecule has 3 rings (SSSR count). The van der Waals surface area contributed by atoms with Crippen molar-refractivity contribution in [3.05, 3.63) is 60.4 Å². The van der Waals surface area contributed by atoms with Crippen LogP contribution in [0.15, 0.2) is 54.6 Å². The predicted molar refractivity (Wildman–Crippen MR) is 88.1 cm³/mol. The highest BCUT2D eigenvalue weighted by molar-refractivity contribution is 5.67. The van der Waals surface area contributed by atoms with E-state index in [1.165, 1.54) is 12.1 Å². The largest absolute Gasteiger partial charge is 0.495 e. The first kappa shape index (κ1) is 14.8. The predicted octanol–water partition coefficient (Wildman–Crippen LogP) is 3.62. The maximum absolute atomic E-state index is 13.0. The molecule has 0 unspecified atom stereocenters. The molecule has 6 heteroatoms. The first-order valence-electron chi connectivity index (χ1n) is 6.96. The number of benzene rings is 2. The number of anilines is 3. The Balaban J connectivity index is 1.96. The van der Waals surface area contributed by atoms with Crippen molar-refractivity contribution in [2.75, 3.05) is 18.2 Å². The Kier molecular flexibility index (Phi) is 4.05. The van der Waals surface area contributed by atoms with Crippen LogP contribution in [0.2, 0.25) is 0 Å². The molecule has 0 saturated heterocycles. The molecule has 0 aliphatic heterocycles. The van der Waals surface area contributed by atoms with Crippen molar-refractivity contribution >= 4 is 17.3 Å². The van der Waals surface area contributed by atoms with E-state index in [-0.39, 0.29) is 5.82 Å². The molecule has 5 nitrogen and oxygen atoms in total. The first-order valence-corrected chi connectivity index (χ1v) is 6.96. The van der Waals surface area contributed by atoms with Gasteiger partial charge < -0.3 is 15.8 Å². The Morgan fingerprint density at radius 2 is 1.78 bits per heavy atom. The minimum Gasteiger partial charge on any atom is -0.495 e. The van der Waals surface area contributed by atoms with Gasteiger partial charge in [-0.2, -0.15) is 0 Å². The molecule has 0 saturated carbocycles. The molecule has 0 bridgehead atoms. The van der Waals surface area contributed by atoms with Gasteiger partial charge in [0.1, 0.15) is 23.2 Å². The Hall–Kier alpha value is -3.15. The van der Waals surface area contributed by atoms with E-state index in [1.54, 1.807) is 25.3 Å². The van der Waals surface area contributed by atoms with Crippen LogP contribution in [-0.2, 0) is 0 Å². The molecule has 3 N–H and O–H groups in total. The summed E-state index contributed by atoms with van der Waals surface area (Å²) < 4.78 is 18.3. The van der Waals surface area contributed by atoms with Crippen molar-refractivity contribution in [2.24, 2.45) is 0 Å². The van der Waals surface area contributed by atoms with Gasteiger partial charge >= 0.3 is 0 Å². The van der Waals surface area contributed by atoms with Crippen LogP contribution < -0.4 is 15.8 Å². The van der Waals surface area contributed by atoms with Crippen molar-refractivity contribution in [3.8, 4) is 17.1 Å². The van der Waals surface area contributed by atoms with Crippen molar-refractivity contribution < 1.29 is 9.13 Å². The van der Waals surface area contributed by atoms with Gasteiger partial charge in [-0.3, -0.25) is 0 Å². The second-order valence-electron chi connectivity index (χ2n) is 4.83. The summed E-state index contributed by atoms with van der Waals surface area (Å²) in [5, 5.41) is 3.16. The Morgan fingerprint density at radius 3 is 2.52 bits per heavy atom. The number of nitrogen functional groups attached to an aromatic ring is 1. The summed E-state index contributed by atoms with van der Waals surface area (Å²) >= 11 is 0. The second-order valence-corrected chi connectivity index (χ2v) is 4.83. The third-order valence-corrected chi connectivity index (χ3v) is 3.22. The lowest BCUT2D eigenvalue weighted by Gasteiger charge is -2.11. The fourth-order valence-electron chi connectivity index (χ4n) is 2.14. The number of rotatable bonds is 4. The minimum atomic E-state index is -0.315. The van der Waals surface area contributed by atoms with E-state index in [4.69, 9.17) is 10.5 Å². The molecule has 0 aliphatic carbocycles. The highest BCUT2D eigenvalue weighted by Gasteiger charge is 2.08. The van der Waals surface area contributed by atoms with Gasteiger partial charge in [0, 0.05) is 11.6 Å². The molecular formula is C17H15FN4O. The summed E-state index contributed by atoms with van der Waals surface area (Å²) in [5.74, 6) is 1.64. The second kappa shape index (κ2) is 6.31. The van der Waals surface area contributed by atoms with Crippen molar-refractivity contribution in [1.29, 1.82) is 0 Å². The number of halogens is 1. The lowest BCUT2D eigenvalue weighted by Crippen LogP contribution is -2.02. The summed E-state index contributed by atoms with van der Waals surface area (Å²) in [6.07, 6.45) is 0. The van der Waals surface area contributed by atoms with Crippen LogP contribution in [0.4, 0.5) is 21.7 Å². The molecule has 1 aromatic heterocycles. The van der Waals surface area contributed by atoms with Gasteiger partial charge in [-0.15, -0.1) is 0 Å². The van der Waals surface area contributed by atoms with E-state index in [0.717, 1.165) is 5.69 Å². The lowest BCUT2D eigenvalue weighted by molar-refractivity contribution is 0.417. The summed E-state index contributed by atoms with van der Waals surface area (Å²) in [4.78, 5) is 8.61. The van der Waals surface area contributed by atoms with Crippen molar-refractivity contribution in [2.45, 2.75) is 0 Å². The number of para-hydroxylation sites is 2. The van der Waals surface area contributed by atoms with E-state index in [0.29, 0.717) is 28.8 Å². The van der Waals surface area contributed by atoms with Crippen LogP contribution in [0.3, 0.4) is 0 Å². The highest BCUT2D eigenvalue weighted by atomic mass is 19.1. The van der Waals surface area contributed by atoms with Gasteiger partial charge in [-0.05, 0) is 36.4 Å². The smallest absolute Gasteiger partial charge is 0.163 e. The molecule has 116 valence electrons. The molecule has 0 atom stereocenters. The molecule has 0 aliphatic rings. The molecular weight excluding hydrogens is 295 g/mol. The summed E-state index contributed by atoms with van der Waals surface area (Å²) in [6, 6.07) is 15.0. The van der Waals surface area contributed by atoms with Crippen molar-refractivity contribution in [3.63, 3.8) is 0 Å². The molecule has 0 fully saturated rings.